The van der Waals surface area contributed by atoms with Crippen LogP contribution in [0, 0.1) is 6.92 Å². The molecular formula is C27H20Cl3NO4. The molecule has 4 aromatic rings. The van der Waals surface area contributed by atoms with Crippen molar-refractivity contribution in [3.05, 3.63) is 102 Å². The Labute approximate surface area is 216 Å². The van der Waals surface area contributed by atoms with Crippen LogP contribution >= 0.6 is 34.8 Å². The second-order valence-electron chi connectivity index (χ2n) is 8.40. The lowest BCUT2D eigenvalue weighted by atomic mass is 9.99. The second kappa shape index (κ2) is 9.57. The van der Waals surface area contributed by atoms with E-state index in [1.54, 1.807) is 29.2 Å². The summed E-state index contributed by atoms with van der Waals surface area (Å²) in [5, 5.41) is 1.80. The monoisotopic (exact) mass is 527 g/mol. The highest BCUT2D eigenvalue weighted by Gasteiger charge is 2.25. The molecule has 5 nitrogen and oxygen atoms in total. The molecule has 0 atom stereocenters. The van der Waals surface area contributed by atoms with Crippen LogP contribution in [0.3, 0.4) is 0 Å². The Morgan fingerprint density at radius 3 is 2.51 bits per heavy atom. The van der Waals surface area contributed by atoms with Crippen LogP contribution in [0.25, 0.3) is 11.0 Å². The summed E-state index contributed by atoms with van der Waals surface area (Å²) >= 11 is 19.1. The van der Waals surface area contributed by atoms with Gasteiger partial charge in [-0.05, 0) is 60.7 Å². The van der Waals surface area contributed by atoms with Gasteiger partial charge < -0.3 is 9.15 Å². The number of aryl methyl sites for hydroxylation is 2. The molecule has 35 heavy (non-hydrogen) atoms. The van der Waals surface area contributed by atoms with Crippen molar-refractivity contribution in [1.82, 2.24) is 0 Å². The van der Waals surface area contributed by atoms with Crippen molar-refractivity contribution < 1.29 is 13.9 Å². The molecule has 8 heteroatoms. The van der Waals surface area contributed by atoms with Crippen LogP contribution in [0.4, 0.5) is 10.5 Å². The maximum atomic E-state index is 13.0. The molecule has 0 bridgehead atoms. The van der Waals surface area contributed by atoms with Gasteiger partial charge in [0.2, 0.25) is 0 Å². The summed E-state index contributed by atoms with van der Waals surface area (Å²) in [5.41, 5.74) is 3.43. The zero-order valence-corrected chi connectivity index (χ0v) is 21.0. The van der Waals surface area contributed by atoms with Crippen molar-refractivity contribution in [3.63, 3.8) is 0 Å². The van der Waals surface area contributed by atoms with Crippen molar-refractivity contribution >= 4 is 57.6 Å². The number of anilines is 1. The van der Waals surface area contributed by atoms with Crippen LogP contribution in [-0.4, -0.2) is 12.6 Å². The third-order valence-electron chi connectivity index (χ3n) is 6.28. The van der Waals surface area contributed by atoms with Gasteiger partial charge in [0, 0.05) is 40.0 Å². The Balaban J connectivity index is 1.48. The number of carbonyl (C=O) groups excluding carboxylic acids is 1. The van der Waals surface area contributed by atoms with E-state index in [-0.39, 0.29) is 22.8 Å². The fourth-order valence-electron chi connectivity index (χ4n) is 4.42. The van der Waals surface area contributed by atoms with E-state index < -0.39 is 11.7 Å². The normalized spacial score (nSPS) is 13.1. The maximum absolute atomic E-state index is 13.0. The van der Waals surface area contributed by atoms with Gasteiger partial charge in [-0.2, -0.15) is 0 Å². The number of hydrogen-bond donors (Lipinski definition) is 0. The van der Waals surface area contributed by atoms with Crippen LogP contribution in [0.2, 0.25) is 15.1 Å². The van der Waals surface area contributed by atoms with Crippen molar-refractivity contribution in [2.75, 3.05) is 11.4 Å². The predicted molar refractivity (Wildman–Crippen MR) is 140 cm³/mol. The highest BCUT2D eigenvalue weighted by Crippen LogP contribution is 2.35. The van der Waals surface area contributed by atoms with E-state index in [2.05, 4.69) is 0 Å². The number of nitrogens with zero attached hydrogens (tertiary/aromatic N) is 1. The molecule has 178 valence electrons. The molecule has 0 unspecified atom stereocenters. The molecule has 5 rings (SSSR count). The highest BCUT2D eigenvalue weighted by atomic mass is 35.5. The van der Waals surface area contributed by atoms with Gasteiger partial charge in [0.25, 0.3) is 0 Å². The first kappa shape index (κ1) is 23.7. The van der Waals surface area contributed by atoms with Crippen LogP contribution in [-0.2, 0) is 12.8 Å². The van der Waals surface area contributed by atoms with Gasteiger partial charge in [-0.25, -0.2) is 9.59 Å². The fourth-order valence-corrected chi connectivity index (χ4v) is 5.16. The maximum Gasteiger partial charge on any atom is 0.419 e. The number of ether oxygens (including phenoxy) is 1. The third-order valence-corrected chi connectivity index (χ3v) is 7.29. The number of halogens is 3. The predicted octanol–water partition coefficient (Wildman–Crippen LogP) is 7.60. The minimum atomic E-state index is -0.539. The summed E-state index contributed by atoms with van der Waals surface area (Å²) in [5.74, 6) is 0.122. The Morgan fingerprint density at radius 1 is 1.00 bits per heavy atom. The van der Waals surface area contributed by atoms with Crippen LogP contribution in [0.5, 0.6) is 5.75 Å². The van der Waals surface area contributed by atoms with Gasteiger partial charge in [-0.3, -0.25) is 4.90 Å². The molecule has 0 saturated carbocycles. The minimum absolute atomic E-state index is 0.122. The van der Waals surface area contributed by atoms with Gasteiger partial charge in [-0.15, -0.1) is 0 Å². The van der Waals surface area contributed by atoms with Crippen LogP contribution < -0.4 is 15.3 Å². The smallest absolute Gasteiger partial charge is 0.419 e. The first-order valence-electron chi connectivity index (χ1n) is 11.1. The SMILES string of the molecule is Cc1c(Cc2c(Cl)cccc2Cl)c(=O)oc2cc(OC(=O)N3CCCc4ccccc43)c(Cl)cc12. The standard InChI is InChI=1S/C27H20Cl3NO4/c1-15-17-13-22(30)25(35-27(33)31-11-5-7-16-6-2-3-10-23(16)31)14-24(17)34-26(32)18(15)12-19-20(28)8-4-9-21(19)29/h2-4,6,8-10,13-14H,5,7,11-12H2,1H3. The van der Waals surface area contributed by atoms with E-state index in [1.165, 1.54) is 6.07 Å². The largest absolute Gasteiger partial charge is 0.422 e. The Hall–Kier alpha value is -2.99. The summed E-state index contributed by atoms with van der Waals surface area (Å²) in [6.07, 6.45) is 1.42. The molecule has 0 saturated heterocycles. The van der Waals surface area contributed by atoms with E-state index in [9.17, 15) is 9.59 Å². The lowest BCUT2D eigenvalue weighted by Crippen LogP contribution is -2.37. The summed E-state index contributed by atoms with van der Waals surface area (Å²) in [6, 6.07) is 16.0. The topological polar surface area (TPSA) is 59.8 Å². The van der Waals surface area contributed by atoms with E-state index >= 15 is 0 Å². The number of fused-ring (bicyclic) bond motifs is 2. The number of hydrogen-bond acceptors (Lipinski definition) is 4. The quantitative estimate of drug-likeness (QED) is 0.257. The summed E-state index contributed by atoms with van der Waals surface area (Å²) in [6.45, 7) is 2.36. The molecule has 1 aliphatic heterocycles. The number of para-hydroxylation sites is 1. The number of benzene rings is 3. The molecule has 1 amide bonds. The van der Waals surface area contributed by atoms with E-state index in [0.29, 0.717) is 38.7 Å². The van der Waals surface area contributed by atoms with E-state index in [1.807, 2.05) is 31.2 Å². The summed E-state index contributed by atoms with van der Waals surface area (Å²) in [7, 11) is 0. The highest BCUT2D eigenvalue weighted by molar-refractivity contribution is 6.36. The molecule has 0 fully saturated rings. The first-order valence-corrected chi connectivity index (χ1v) is 12.2. The average Bonchev–Trinajstić information content (AvgIpc) is 2.84. The first-order chi connectivity index (χ1) is 16.8. The molecule has 2 heterocycles. The Morgan fingerprint density at radius 2 is 1.74 bits per heavy atom. The van der Waals surface area contributed by atoms with Gasteiger partial charge >= 0.3 is 11.7 Å². The molecule has 0 aliphatic carbocycles. The zero-order valence-electron chi connectivity index (χ0n) is 18.7. The third kappa shape index (κ3) is 4.52. The van der Waals surface area contributed by atoms with Crippen LogP contribution in [0.15, 0.2) is 63.8 Å². The average molecular weight is 529 g/mol. The van der Waals surface area contributed by atoms with Crippen LogP contribution in [0.1, 0.15) is 28.7 Å². The summed E-state index contributed by atoms with van der Waals surface area (Å²) < 4.78 is 11.2. The van der Waals surface area contributed by atoms with Crippen molar-refractivity contribution in [3.8, 4) is 5.75 Å². The molecule has 1 aromatic heterocycles. The zero-order chi connectivity index (χ0) is 24.7. The lowest BCUT2D eigenvalue weighted by Gasteiger charge is -2.28. The molecule has 1 aliphatic rings. The Kier molecular flexibility index (Phi) is 6.49. The van der Waals surface area contributed by atoms with Gasteiger partial charge in [-0.1, -0.05) is 59.1 Å². The Bertz CT molecular complexity index is 1510. The summed E-state index contributed by atoms with van der Waals surface area (Å²) in [4.78, 5) is 27.5. The molecule has 0 radical (unpaired) electrons. The molecule has 3 aromatic carbocycles. The lowest BCUT2D eigenvalue weighted by molar-refractivity contribution is 0.207. The molecular weight excluding hydrogens is 509 g/mol. The minimum Gasteiger partial charge on any atom is -0.422 e. The van der Waals surface area contributed by atoms with E-state index in [0.717, 1.165) is 24.1 Å². The van der Waals surface area contributed by atoms with E-state index in [4.69, 9.17) is 44.0 Å². The van der Waals surface area contributed by atoms with Crippen molar-refractivity contribution in [2.45, 2.75) is 26.2 Å². The fraction of sp³-hybridized carbons (Fsp3) is 0.185. The van der Waals surface area contributed by atoms with Gasteiger partial charge in [0.1, 0.15) is 5.58 Å². The van der Waals surface area contributed by atoms with Gasteiger partial charge in [0.15, 0.2) is 5.75 Å². The number of rotatable bonds is 3. The molecule has 0 spiro atoms. The second-order valence-corrected chi connectivity index (χ2v) is 9.62. The molecule has 0 N–H and O–H groups in total. The van der Waals surface area contributed by atoms with Crippen molar-refractivity contribution in [1.29, 1.82) is 0 Å². The van der Waals surface area contributed by atoms with Crippen molar-refractivity contribution in [2.24, 2.45) is 0 Å². The number of carbonyl (C=O) groups is 1. The van der Waals surface area contributed by atoms with Gasteiger partial charge in [0.05, 0.1) is 10.7 Å². The number of amides is 1.